The van der Waals surface area contributed by atoms with Crippen molar-refractivity contribution in [2.75, 3.05) is 25.0 Å². The highest BCUT2D eigenvalue weighted by atomic mass is 32.1. The molecule has 1 fully saturated rings. The van der Waals surface area contributed by atoms with Gasteiger partial charge in [-0.05, 0) is 13.8 Å². The molecule has 6 heteroatoms. The molecule has 1 aromatic heterocycles. The fraction of sp³-hybridized carbons (Fsp3) is 0.636. The summed E-state index contributed by atoms with van der Waals surface area (Å²) in [6.45, 7) is 6.35. The van der Waals surface area contributed by atoms with Crippen LogP contribution in [-0.2, 0) is 9.53 Å². The molecule has 1 saturated heterocycles. The second kappa shape index (κ2) is 5.57. The summed E-state index contributed by atoms with van der Waals surface area (Å²) in [7, 11) is 0. The number of carbonyl (C=O) groups is 1. The SMILES string of the molecule is C[C@@H]1C[NH+](CC(=O)Nc2nccs2)C[C@@H](C)O1. The Balaban J connectivity index is 1.82. The fourth-order valence-corrected chi connectivity index (χ4v) is 2.75. The van der Waals surface area contributed by atoms with Crippen molar-refractivity contribution < 1.29 is 14.4 Å². The molecule has 2 N–H and O–H groups in total. The van der Waals surface area contributed by atoms with E-state index in [1.165, 1.54) is 16.2 Å². The van der Waals surface area contributed by atoms with Crippen molar-refractivity contribution in [3.63, 3.8) is 0 Å². The second-order valence-corrected chi connectivity index (χ2v) is 5.37. The molecule has 1 aromatic rings. The van der Waals surface area contributed by atoms with Crippen LogP contribution in [0, 0.1) is 0 Å². The van der Waals surface area contributed by atoms with Crippen molar-refractivity contribution in [3.05, 3.63) is 11.6 Å². The highest BCUT2D eigenvalue weighted by Gasteiger charge is 2.27. The number of ether oxygens (including phenoxy) is 1. The fourth-order valence-electron chi connectivity index (χ4n) is 2.21. The molecule has 1 amide bonds. The predicted octanol–water partition coefficient (Wildman–Crippen LogP) is -0.226. The number of quaternary nitrogens is 1. The average Bonchev–Trinajstić information content (AvgIpc) is 2.67. The van der Waals surface area contributed by atoms with E-state index in [0.717, 1.165) is 13.1 Å². The standard InChI is InChI=1S/C11H17N3O2S/c1-8-5-14(6-9(2)16-8)7-10(15)13-11-12-3-4-17-11/h3-4,8-9H,5-7H2,1-2H3,(H,12,13,15)/p+1/t8-,9-/m1/s1. The second-order valence-electron chi connectivity index (χ2n) is 4.48. The highest BCUT2D eigenvalue weighted by molar-refractivity contribution is 7.13. The molecule has 0 aromatic carbocycles. The minimum atomic E-state index is 0.0243. The van der Waals surface area contributed by atoms with Gasteiger partial charge < -0.3 is 9.64 Å². The lowest BCUT2D eigenvalue weighted by atomic mass is 10.2. The third kappa shape index (κ3) is 3.76. The summed E-state index contributed by atoms with van der Waals surface area (Å²) >= 11 is 1.44. The Kier molecular flexibility index (Phi) is 4.09. The van der Waals surface area contributed by atoms with E-state index in [2.05, 4.69) is 10.3 Å². The van der Waals surface area contributed by atoms with E-state index in [4.69, 9.17) is 4.74 Å². The van der Waals surface area contributed by atoms with Crippen LogP contribution >= 0.6 is 11.3 Å². The number of carbonyl (C=O) groups excluding carboxylic acids is 1. The maximum atomic E-state index is 11.8. The van der Waals surface area contributed by atoms with Crippen molar-refractivity contribution in [1.29, 1.82) is 0 Å². The lowest BCUT2D eigenvalue weighted by Gasteiger charge is -2.31. The molecule has 1 aliphatic rings. The largest absolute Gasteiger partial charge is 0.364 e. The zero-order valence-electron chi connectivity index (χ0n) is 10.1. The molecule has 2 heterocycles. The van der Waals surface area contributed by atoms with Crippen molar-refractivity contribution >= 4 is 22.4 Å². The summed E-state index contributed by atoms with van der Waals surface area (Å²) in [4.78, 5) is 17.1. The third-order valence-corrected chi connectivity index (χ3v) is 3.39. The zero-order chi connectivity index (χ0) is 12.3. The van der Waals surface area contributed by atoms with Crippen LogP contribution in [-0.4, -0.2) is 42.7 Å². The van der Waals surface area contributed by atoms with Crippen molar-refractivity contribution in [2.24, 2.45) is 0 Å². The van der Waals surface area contributed by atoms with Gasteiger partial charge in [0, 0.05) is 11.6 Å². The molecule has 0 radical (unpaired) electrons. The van der Waals surface area contributed by atoms with Gasteiger partial charge in [-0.25, -0.2) is 4.98 Å². The number of aromatic nitrogens is 1. The first kappa shape index (κ1) is 12.5. The molecule has 0 unspecified atom stereocenters. The van der Waals surface area contributed by atoms with Crippen LogP contribution in [0.1, 0.15) is 13.8 Å². The molecule has 17 heavy (non-hydrogen) atoms. The number of hydrogen-bond acceptors (Lipinski definition) is 4. The van der Waals surface area contributed by atoms with Gasteiger partial charge in [0.25, 0.3) is 5.91 Å². The molecular weight excluding hydrogens is 238 g/mol. The summed E-state index contributed by atoms with van der Waals surface area (Å²) in [5.41, 5.74) is 0. The molecule has 0 bridgehead atoms. The molecule has 2 atom stereocenters. The average molecular weight is 256 g/mol. The number of nitrogens with zero attached hydrogens (tertiary/aromatic N) is 1. The van der Waals surface area contributed by atoms with Gasteiger partial charge in [0.05, 0.1) is 0 Å². The first-order valence-electron chi connectivity index (χ1n) is 5.82. The van der Waals surface area contributed by atoms with Crippen LogP contribution in [0.15, 0.2) is 11.6 Å². The highest BCUT2D eigenvalue weighted by Crippen LogP contribution is 2.09. The summed E-state index contributed by atoms with van der Waals surface area (Å²) < 4.78 is 5.64. The molecule has 5 nitrogen and oxygen atoms in total. The lowest BCUT2D eigenvalue weighted by Crippen LogP contribution is -3.16. The van der Waals surface area contributed by atoms with Crippen LogP contribution < -0.4 is 10.2 Å². The summed E-state index contributed by atoms with van der Waals surface area (Å²) in [6, 6.07) is 0. The smallest absolute Gasteiger partial charge is 0.281 e. The maximum Gasteiger partial charge on any atom is 0.281 e. The molecule has 0 saturated carbocycles. The lowest BCUT2D eigenvalue weighted by molar-refractivity contribution is -0.907. The van der Waals surface area contributed by atoms with Crippen LogP contribution in [0.25, 0.3) is 0 Å². The number of amides is 1. The minimum Gasteiger partial charge on any atom is -0.364 e. The van der Waals surface area contributed by atoms with E-state index in [1.54, 1.807) is 6.20 Å². The zero-order valence-corrected chi connectivity index (χ0v) is 10.9. The third-order valence-electron chi connectivity index (χ3n) is 2.71. The summed E-state index contributed by atoms with van der Waals surface area (Å²) in [5, 5.41) is 5.32. The Morgan fingerprint density at radius 2 is 2.29 bits per heavy atom. The van der Waals surface area contributed by atoms with Crippen molar-refractivity contribution in [1.82, 2.24) is 4.98 Å². The quantitative estimate of drug-likeness (QED) is 0.786. The Morgan fingerprint density at radius 3 is 2.88 bits per heavy atom. The maximum absolute atomic E-state index is 11.8. The van der Waals surface area contributed by atoms with Crippen molar-refractivity contribution in [2.45, 2.75) is 26.1 Å². The van der Waals surface area contributed by atoms with E-state index in [9.17, 15) is 4.79 Å². The normalized spacial score (nSPS) is 28.9. The van der Waals surface area contributed by atoms with Gasteiger partial charge in [-0.3, -0.25) is 10.1 Å². The van der Waals surface area contributed by atoms with E-state index >= 15 is 0 Å². The van der Waals surface area contributed by atoms with Crippen LogP contribution in [0.2, 0.25) is 0 Å². The number of morpholine rings is 1. The number of anilines is 1. The number of nitrogens with one attached hydrogen (secondary N) is 2. The number of thiazole rings is 1. The van der Waals surface area contributed by atoms with Gasteiger partial charge in [-0.2, -0.15) is 0 Å². The van der Waals surface area contributed by atoms with Gasteiger partial charge in [-0.15, -0.1) is 11.3 Å². The minimum absolute atomic E-state index is 0.0243. The Labute approximate surface area is 105 Å². The first-order chi connectivity index (χ1) is 8.13. The van der Waals surface area contributed by atoms with Crippen LogP contribution in [0.5, 0.6) is 0 Å². The monoisotopic (exact) mass is 256 g/mol. The molecule has 0 aliphatic carbocycles. The van der Waals surface area contributed by atoms with E-state index < -0.39 is 0 Å². The van der Waals surface area contributed by atoms with Crippen LogP contribution in [0.3, 0.4) is 0 Å². The summed E-state index contributed by atoms with van der Waals surface area (Å²) in [5.74, 6) is 0.0243. The molecular formula is C11H18N3O2S+. The topological polar surface area (TPSA) is 55.7 Å². The Hall–Kier alpha value is -0.980. The molecule has 2 rings (SSSR count). The van der Waals surface area contributed by atoms with Gasteiger partial charge in [-0.1, -0.05) is 0 Å². The van der Waals surface area contributed by atoms with Gasteiger partial charge in [0.1, 0.15) is 25.3 Å². The number of rotatable bonds is 3. The Morgan fingerprint density at radius 1 is 1.59 bits per heavy atom. The first-order valence-corrected chi connectivity index (χ1v) is 6.70. The van der Waals surface area contributed by atoms with E-state index in [-0.39, 0.29) is 18.1 Å². The van der Waals surface area contributed by atoms with Crippen molar-refractivity contribution in [3.8, 4) is 0 Å². The van der Waals surface area contributed by atoms with Gasteiger partial charge in [0.15, 0.2) is 11.7 Å². The van der Waals surface area contributed by atoms with E-state index in [0.29, 0.717) is 11.7 Å². The summed E-state index contributed by atoms with van der Waals surface area (Å²) in [6.07, 6.45) is 2.13. The van der Waals surface area contributed by atoms with E-state index in [1.807, 2.05) is 19.2 Å². The molecule has 94 valence electrons. The number of hydrogen-bond donors (Lipinski definition) is 2. The molecule has 0 spiro atoms. The van der Waals surface area contributed by atoms with Gasteiger partial charge in [0.2, 0.25) is 0 Å². The van der Waals surface area contributed by atoms with Gasteiger partial charge >= 0.3 is 0 Å². The molecule has 1 aliphatic heterocycles. The predicted molar refractivity (Wildman–Crippen MR) is 66.3 cm³/mol. The van der Waals surface area contributed by atoms with Crippen LogP contribution in [0.4, 0.5) is 5.13 Å². The Bertz CT molecular complexity index is 359.